The molecular formula is C23H22N2O5S. The Labute approximate surface area is 180 Å². The number of esters is 1. The molecule has 0 bridgehead atoms. The van der Waals surface area contributed by atoms with Gasteiger partial charge in [0.15, 0.2) is 16.4 Å². The van der Waals surface area contributed by atoms with Crippen LogP contribution in [0.1, 0.15) is 16.8 Å². The van der Waals surface area contributed by atoms with E-state index in [1.54, 1.807) is 12.1 Å². The Hall–Kier alpha value is -3.26. The van der Waals surface area contributed by atoms with Gasteiger partial charge in [-0.05, 0) is 18.6 Å². The van der Waals surface area contributed by atoms with E-state index >= 15 is 0 Å². The Kier molecular flexibility index (Phi) is 5.73. The lowest BCUT2D eigenvalue weighted by Crippen LogP contribution is -2.40. The van der Waals surface area contributed by atoms with E-state index in [4.69, 9.17) is 4.74 Å². The second-order valence-corrected chi connectivity index (χ2v) is 9.80. The van der Waals surface area contributed by atoms with Gasteiger partial charge in [-0.2, -0.15) is 0 Å². The van der Waals surface area contributed by atoms with Crippen molar-refractivity contribution in [1.29, 1.82) is 0 Å². The molecule has 1 amide bonds. The highest BCUT2D eigenvalue weighted by Gasteiger charge is 2.33. The van der Waals surface area contributed by atoms with E-state index in [1.165, 1.54) is 11.9 Å². The largest absolute Gasteiger partial charge is 0.452 e. The van der Waals surface area contributed by atoms with Crippen molar-refractivity contribution in [3.8, 4) is 11.3 Å². The Bertz CT molecular complexity index is 1240. The van der Waals surface area contributed by atoms with Crippen molar-refractivity contribution < 1.29 is 22.7 Å². The first-order chi connectivity index (χ1) is 14.8. The number of sulfone groups is 1. The summed E-state index contributed by atoms with van der Waals surface area (Å²) in [6.45, 7) is -0.455. The maximum Gasteiger partial charge on any atom is 0.339 e. The van der Waals surface area contributed by atoms with Gasteiger partial charge in [-0.3, -0.25) is 4.79 Å². The van der Waals surface area contributed by atoms with Crippen LogP contribution in [-0.2, 0) is 19.4 Å². The lowest BCUT2D eigenvalue weighted by atomic mass is 10.0. The summed E-state index contributed by atoms with van der Waals surface area (Å²) >= 11 is 0. The van der Waals surface area contributed by atoms with Crippen LogP contribution in [0, 0.1) is 0 Å². The van der Waals surface area contributed by atoms with E-state index in [9.17, 15) is 18.0 Å². The summed E-state index contributed by atoms with van der Waals surface area (Å²) in [7, 11) is -1.57. The zero-order valence-electron chi connectivity index (χ0n) is 17.0. The minimum Gasteiger partial charge on any atom is -0.452 e. The quantitative estimate of drug-likeness (QED) is 0.569. The second-order valence-electron chi connectivity index (χ2n) is 7.58. The normalized spacial score (nSPS) is 17.4. The van der Waals surface area contributed by atoms with E-state index in [1.807, 2.05) is 48.5 Å². The minimum absolute atomic E-state index is 0.0569. The van der Waals surface area contributed by atoms with Crippen LogP contribution in [0.2, 0.25) is 0 Å². The first kappa shape index (κ1) is 21.0. The first-order valence-electron chi connectivity index (χ1n) is 9.92. The molecule has 8 heteroatoms. The predicted octanol–water partition coefficient (Wildman–Crippen LogP) is 2.70. The zero-order chi connectivity index (χ0) is 22.0. The summed E-state index contributed by atoms with van der Waals surface area (Å²) in [5.74, 6) is -1.05. The molecule has 1 aliphatic heterocycles. The highest BCUT2D eigenvalue weighted by Crippen LogP contribution is 2.25. The Morgan fingerprint density at radius 1 is 1.10 bits per heavy atom. The van der Waals surface area contributed by atoms with Crippen molar-refractivity contribution in [1.82, 2.24) is 9.88 Å². The number of para-hydroxylation sites is 1. The van der Waals surface area contributed by atoms with Crippen LogP contribution >= 0.6 is 0 Å². The van der Waals surface area contributed by atoms with Crippen molar-refractivity contribution in [2.24, 2.45) is 0 Å². The third-order valence-corrected chi connectivity index (χ3v) is 7.23. The van der Waals surface area contributed by atoms with Crippen molar-refractivity contribution in [3.05, 3.63) is 66.2 Å². The van der Waals surface area contributed by atoms with Crippen LogP contribution in [-0.4, -0.2) is 61.4 Å². The number of hydrogen-bond acceptors (Lipinski definition) is 6. The van der Waals surface area contributed by atoms with Crippen molar-refractivity contribution >= 4 is 32.6 Å². The minimum atomic E-state index is -3.11. The van der Waals surface area contributed by atoms with Gasteiger partial charge in [-0.25, -0.2) is 18.2 Å². The number of hydrogen-bond donors (Lipinski definition) is 0. The molecule has 160 valence electrons. The summed E-state index contributed by atoms with van der Waals surface area (Å²) in [4.78, 5) is 31.3. The fraction of sp³-hybridized carbons (Fsp3) is 0.261. The number of fused-ring (bicyclic) bond motifs is 1. The molecule has 1 saturated heterocycles. The number of ether oxygens (including phenoxy) is 1. The maximum atomic E-state index is 12.9. The Balaban J connectivity index is 1.54. The van der Waals surface area contributed by atoms with Crippen LogP contribution in [0.5, 0.6) is 0 Å². The number of nitrogens with zero attached hydrogens (tertiary/aromatic N) is 2. The molecule has 0 N–H and O–H groups in total. The highest BCUT2D eigenvalue weighted by atomic mass is 32.2. The molecule has 1 aromatic heterocycles. The van der Waals surface area contributed by atoms with Crippen LogP contribution in [0.3, 0.4) is 0 Å². The van der Waals surface area contributed by atoms with E-state index in [-0.39, 0.29) is 17.5 Å². The van der Waals surface area contributed by atoms with Crippen molar-refractivity contribution in [3.63, 3.8) is 0 Å². The summed E-state index contributed by atoms with van der Waals surface area (Å²) in [5, 5.41) is 0.634. The number of carbonyl (C=O) groups excluding carboxylic acids is 2. The monoisotopic (exact) mass is 438 g/mol. The fourth-order valence-electron chi connectivity index (χ4n) is 3.69. The summed E-state index contributed by atoms with van der Waals surface area (Å²) in [5.41, 5.74) is 2.46. The molecule has 0 radical (unpaired) electrons. The van der Waals surface area contributed by atoms with Crippen molar-refractivity contribution in [2.75, 3.05) is 25.2 Å². The summed E-state index contributed by atoms with van der Waals surface area (Å²) < 4.78 is 28.6. The van der Waals surface area contributed by atoms with Crippen LogP contribution in [0.15, 0.2) is 60.7 Å². The van der Waals surface area contributed by atoms with Gasteiger partial charge in [-0.15, -0.1) is 0 Å². The van der Waals surface area contributed by atoms with Crippen molar-refractivity contribution in [2.45, 2.75) is 12.5 Å². The van der Waals surface area contributed by atoms with Gasteiger partial charge in [0.1, 0.15) is 0 Å². The zero-order valence-corrected chi connectivity index (χ0v) is 17.8. The number of aromatic nitrogens is 1. The smallest absolute Gasteiger partial charge is 0.339 e. The van der Waals surface area contributed by atoms with Gasteiger partial charge in [-0.1, -0.05) is 48.5 Å². The van der Waals surface area contributed by atoms with Crippen LogP contribution < -0.4 is 0 Å². The van der Waals surface area contributed by atoms with Gasteiger partial charge in [0.05, 0.1) is 28.3 Å². The SMILES string of the molecule is CN(C(=O)COC(=O)c1cc(-c2ccccc2)nc2ccccc12)[C@@H]1CCS(=O)(=O)C1. The molecule has 4 rings (SSSR count). The average molecular weight is 439 g/mol. The molecule has 1 aliphatic rings. The third-order valence-electron chi connectivity index (χ3n) is 5.48. The molecule has 0 unspecified atom stereocenters. The molecule has 0 aliphatic carbocycles. The van der Waals surface area contributed by atoms with Gasteiger partial charge in [0.25, 0.3) is 5.91 Å². The van der Waals surface area contributed by atoms with Gasteiger partial charge >= 0.3 is 5.97 Å². The molecule has 0 spiro atoms. The lowest BCUT2D eigenvalue weighted by Gasteiger charge is -2.23. The molecule has 7 nitrogen and oxygen atoms in total. The van der Waals surface area contributed by atoms with Crippen LogP contribution in [0.4, 0.5) is 0 Å². The molecule has 31 heavy (non-hydrogen) atoms. The number of likely N-dealkylation sites (N-methyl/N-ethyl adjacent to an activating group) is 1. The second kappa shape index (κ2) is 8.47. The van der Waals surface area contributed by atoms with Crippen LogP contribution in [0.25, 0.3) is 22.2 Å². The summed E-state index contributed by atoms with van der Waals surface area (Å²) in [6, 6.07) is 18.0. The number of amides is 1. The Morgan fingerprint density at radius 2 is 1.81 bits per heavy atom. The summed E-state index contributed by atoms with van der Waals surface area (Å²) in [6.07, 6.45) is 0.397. The predicted molar refractivity (Wildman–Crippen MR) is 117 cm³/mol. The molecule has 3 aromatic rings. The topological polar surface area (TPSA) is 93.6 Å². The maximum absolute atomic E-state index is 12.9. The van der Waals surface area contributed by atoms with E-state index < -0.39 is 28.3 Å². The Morgan fingerprint density at radius 3 is 2.52 bits per heavy atom. The average Bonchev–Trinajstić information content (AvgIpc) is 3.16. The number of pyridine rings is 1. The van der Waals surface area contributed by atoms with E-state index in [2.05, 4.69) is 4.98 Å². The molecule has 2 heterocycles. The standard InChI is InChI=1S/C23H22N2O5S/c1-25(17-11-12-31(28,29)15-17)22(26)14-30-23(27)19-13-21(16-7-3-2-4-8-16)24-20-10-6-5-9-18(19)20/h2-10,13,17H,11-12,14-15H2,1H3/t17-/m1/s1. The molecule has 1 fully saturated rings. The first-order valence-corrected chi connectivity index (χ1v) is 11.7. The molecule has 0 saturated carbocycles. The number of benzene rings is 2. The molecular weight excluding hydrogens is 416 g/mol. The molecule has 2 aromatic carbocycles. The van der Waals surface area contributed by atoms with E-state index in [0.29, 0.717) is 28.6 Å². The van der Waals surface area contributed by atoms with Gasteiger partial charge < -0.3 is 9.64 Å². The van der Waals surface area contributed by atoms with E-state index in [0.717, 1.165) is 5.56 Å². The lowest BCUT2D eigenvalue weighted by molar-refractivity contribution is -0.134. The van der Waals surface area contributed by atoms with Gasteiger partial charge in [0, 0.05) is 24.0 Å². The molecule has 1 atom stereocenters. The number of rotatable bonds is 5. The highest BCUT2D eigenvalue weighted by molar-refractivity contribution is 7.91. The van der Waals surface area contributed by atoms with Gasteiger partial charge in [0.2, 0.25) is 0 Å². The fourth-order valence-corrected chi connectivity index (χ4v) is 5.47. The number of carbonyl (C=O) groups is 2. The third kappa shape index (κ3) is 4.59.